The molecule has 3 rings (SSSR count). The molecule has 20 heavy (non-hydrogen) atoms. The highest BCUT2D eigenvalue weighted by Crippen LogP contribution is 2.32. The number of hydrogen-bond donors (Lipinski definition) is 1. The van der Waals surface area contributed by atoms with E-state index in [1.807, 2.05) is 0 Å². The van der Waals surface area contributed by atoms with Crippen LogP contribution in [0.4, 0.5) is 0 Å². The van der Waals surface area contributed by atoms with Crippen LogP contribution < -0.4 is 5.32 Å². The number of likely N-dealkylation sites (N-methyl/N-ethyl adjacent to an activating group) is 1. The smallest absolute Gasteiger partial charge is 0.00474 e. The molecule has 1 aliphatic carbocycles. The summed E-state index contributed by atoms with van der Waals surface area (Å²) < 4.78 is 0. The van der Waals surface area contributed by atoms with Gasteiger partial charge in [0.05, 0.1) is 0 Å². The zero-order chi connectivity index (χ0) is 13.8. The minimum Gasteiger partial charge on any atom is -0.317 e. The zero-order valence-corrected chi connectivity index (χ0v) is 12.8. The summed E-state index contributed by atoms with van der Waals surface area (Å²) in [4.78, 5) is 2.59. The molecular formula is C18H28N2. The van der Waals surface area contributed by atoms with E-state index in [-0.39, 0.29) is 0 Å². The second-order valence-electron chi connectivity index (χ2n) is 6.70. The summed E-state index contributed by atoms with van der Waals surface area (Å²) in [6, 6.07) is 9.09. The fourth-order valence-corrected chi connectivity index (χ4v) is 4.00. The maximum atomic E-state index is 3.46. The second-order valence-corrected chi connectivity index (χ2v) is 6.70. The molecule has 0 spiro atoms. The first kappa shape index (κ1) is 14.1. The summed E-state index contributed by atoms with van der Waals surface area (Å²) in [5.41, 5.74) is 3.22. The Hall–Kier alpha value is -0.860. The fourth-order valence-electron chi connectivity index (χ4n) is 4.00. The van der Waals surface area contributed by atoms with Crippen molar-refractivity contribution in [3.63, 3.8) is 0 Å². The summed E-state index contributed by atoms with van der Waals surface area (Å²) in [6.45, 7) is 4.94. The van der Waals surface area contributed by atoms with E-state index in [0.29, 0.717) is 0 Å². The minimum absolute atomic E-state index is 0.756. The van der Waals surface area contributed by atoms with Gasteiger partial charge in [0.25, 0.3) is 0 Å². The van der Waals surface area contributed by atoms with Crippen LogP contribution >= 0.6 is 0 Å². The lowest BCUT2D eigenvalue weighted by Crippen LogP contribution is -2.36. The van der Waals surface area contributed by atoms with Crippen molar-refractivity contribution in [2.24, 2.45) is 5.92 Å². The molecule has 0 bridgehead atoms. The van der Waals surface area contributed by atoms with E-state index >= 15 is 0 Å². The third kappa shape index (κ3) is 3.42. The van der Waals surface area contributed by atoms with Crippen molar-refractivity contribution in [3.05, 3.63) is 35.4 Å². The average molecular weight is 272 g/mol. The maximum Gasteiger partial charge on any atom is 0.00474 e. The second kappa shape index (κ2) is 6.73. The third-order valence-corrected chi connectivity index (χ3v) is 5.05. The van der Waals surface area contributed by atoms with Crippen molar-refractivity contribution in [2.75, 3.05) is 33.2 Å². The van der Waals surface area contributed by atoms with Gasteiger partial charge in [0, 0.05) is 13.1 Å². The number of rotatable bonds is 4. The number of piperidine rings is 1. The number of nitrogens with zero attached hydrogens (tertiary/aromatic N) is 1. The van der Waals surface area contributed by atoms with Crippen molar-refractivity contribution in [1.29, 1.82) is 0 Å². The normalized spacial score (nSPS) is 23.8. The van der Waals surface area contributed by atoms with Crippen molar-refractivity contribution >= 4 is 0 Å². The van der Waals surface area contributed by atoms with Crippen LogP contribution in [0.5, 0.6) is 0 Å². The highest BCUT2D eigenvalue weighted by atomic mass is 15.1. The molecule has 110 valence electrons. The van der Waals surface area contributed by atoms with Gasteiger partial charge in [0.2, 0.25) is 0 Å². The lowest BCUT2D eigenvalue weighted by molar-refractivity contribution is 0.224. The Balaban J connectivity index is 1.57. The minimum atomic E-state index is 0.756. The molecule has 1 saturated heterocycles. The van der Waals surface area contributed by atoms with E-state index < -0.39 is 0 Å². The van der Waals surface area contributed by atoms with Gasteiger partial charge in [-0.2, -0.15) is 0 Å². The fraction of sp³-hybridized carbons (Fsp3) is 0.667. The first-order valence-electron chi connectivity index (χ1n) is 8.30. The number of hydrogen-bond acceptors (Lipinski definition) is 2. The molecule has 0 aromatic heterocycles. The van der Waals surface area contributed by atoms with Gasteiger partial charge in [-0.1, -0.05) is 24.3 Å². The maximum absolute atomic E-state index is 3.46. The molecule has 1 N–H and O–H groups in total. The topological polar surface area (TPSA) is 15.3 Å². The molecule has 0 saturated carbocycles. The average Bonchev–Trinajstić information content (AvgIpc) is 2.48. The summed E-state index contributed by atoms with van der Waals surface area (Å²) >= 11 is 0. The molecular weight excluding hydrogens is 244 g/mol. The van der Waals surface area contributed by atoms with Gasteiger partial charge in [-0.3, -0.25) is 0 Å². The monoisotopic (exact) mass is 272 g/mol. The SMILES string of the molecule is CN(CC1CCNCC1)CC1CCCc2ccccc21. The van der Waals surface area contributed by atoms with Crippen LogP contribution in [0.15, 0.2) is 24.3 Å². The Kier molecular flexibility index (Phi) is 4.74. The van der Waals surface area contributed by atoms with Crippen molar-refractivity contribution in [3.8, 4) is 0 Å². The van der Waals surface area contributed by atoms with E-state index in [4.69, 9.17) is 0 Å². The van der Waals surface area contributed by atoms with Crippen LogP contribution in [0.1, 0.15) is 42.7 Å². The summed E-state index contributed by atoms with van der Waals surface area (Å²) in [6.07, 6.45) is 6.72. The Morgan fingerprint density at radius 2 is 1.90 bits per heavy atom. The largest absolute Gasteiger partial charge is 0.317 e. The first-order chi connectivity index (χ1) is 9.83. The Labute approximate surface area is 123 Å². The van der Waals surface area contributed by atoms with Crippen molar-refractivity contribution < 1.29 is 0 Å². The quantitative estimate of drug-likeness (QED) is 0.906. The summed E-state index contributed by atoms with van der Waals surface area (Å²) in [5.74, 6) is 1.66. The van der Waals surface area contributed by atoms with Crippen molar-refractivity contribution in [2.45, 2.75) is 38.0 Å². The lowest BCUT2D eigenvalue weighted by Gasteiger charge is -2.32. The predicted molar refractivity (Wildman–Crippen MR) is 85.2 cm³/mol. The van der Waals surface area contributed by atoms with E-state index in [1.54, 1.807) is 11.1 Å². The molecule has 1 aliphatic heterocycles. The lowest BCUT2D eigenvalue weighted by atomic mass is 9.82. The summed E-state index contributed by atoms with van der Waals surface area (Å²) in [5, 5.41) is 3.46. The molecule has 0 amide bonds. The summed E-state index contributed by atoms with van der Waals surface area (Å²) in [7, 11) is 2.32. The number of benzene rings is 1. The first-order valence-corrected chi connectivity index (χ1v) is 8.30. The molecule has 1 aromatic carbocycles. The van der Waals surface area contributed by atoms with Gasteiger partial charge >= 0.3 is 0 Å². The van der Waals surface area contributed by atoms with Crippen LogP contribution in [0, 0.1) is 5.92 Å². The van der Waals surface area contributed by atoms with Crippen LogP contribution in [0.3, 0.4) is 0 Å². The van der Waals surface area contributed by atoms with Gasteiger partial charge in [-0.05, 0) is 75.2 Å². The Bertz CT molecular complexity index is 423. The van der Waals surface area contributed by atoms with Crippen LogP contribution in [0.25, 0.3) is 0 Å². The number of nitrogens with one attached hydrogen (secondary N) is 1. The Morgan fingerprint density at radius 3 is 2.75 bits per heavy atom. The molecule has 1 unspecified atom stereocenters. The van der Waals surface area contributed by atoms with Crippen LogP contribution in [-0.2, 0) is 6.42 Å². The highest BCUT2D eigenvalue weighted by Gasteiger charge is 2.22. The molecule has 1 heterocycles. The molecule has 2 aliphatic rings. The molecule has 1 atom stereocenters. The highest BCUT2D eigenvalue weighted by molar-refractivity contribution is 5.32. The Morgan fingerprint density at radius 1 is 1.10 bits per heavy atom. The van der Waals surface area contributed by atoms with Crippen LogP contribution in [-0.4, -0.2) is 38.1 Å². The van der Waals surface area contributed by atoms with Gasteiger partial charge in [0.15, 0.2) is 0 Å². The van der Waals surface area contributed by atoms with Crippen molar-refractivity contribution in [1.82, 2.24) is 10.2 Å². The van der Waals surface area contributed by atoms with E-state index in [9.17, 15) is 0 Å². The molecule has 0 radical (unpaired) electrons. The van der Waals surface area contributed by atoms with Gasteiger partial charge in [-0.15, -0.1) is 0 Å². The predicted octanol–water partition coefficient (Wildman–Crippen LogP) is 3.04. The number of fused-ring (bicyclic) bond motifs is 1. The molecule has 2 heteroatoms. The van der Waals surface area contributed by atoms with Gasteiger partial charge < -0.3 is 10.2 Å². The number of aryl methyl sites for hydroxylation is 1. The van der Waals surface area contributed by atoms with Crippen LogP contribution in [0.2, 0.25) is 0 Å². The third-order valence-electron chi connectivity index (χ3n) is 5.05. The molecule has 1 fully saturated rings. The standard InChI is InChI=1S/C18H28N2/c1-20(13-15-9-11-19-12-10-15)14-17-7-4-6-16-5-2-3-8-18(16)17/h2-3,5,8,15,17,19H,4,6-7,9-14H2,1H3. The van der Waals surface area contributed by atoms with E-state index in [0.717, 1.165) is 11.8 Å². The van der Waals surface area contributed by atoms with Gasteiger partial charge in [-0.25, -0.2) is 0 Å². The van der Waals surface area contributed by atoms with E-state index in [2.05, 4.69) is 41.5 Å². The van der Waals surface area contributed by atoms with E-state index in [1.165, 1.54) is 58.3 Å². The molecule has 2 nitrogen and oxygen atoms in total. The zero-order valence-electron chi connectivity index (χ0n) is 12.8. The van der Waals surface area contributed by atoms with Gasteiger partial charge in [0.1, 0.15) is 0 Å². The molecule has 1 aromatic rings.